The number of aromatic amines is 1. The number of carbonyl (C=O) groups is 1. The van der Waals surface area contributed by atoms with E-state index in [1.54, 1.807) is 12.1 Å². The maximum atomic E-state index is 12.5. The van der Waals surface area contributed by atoms with Crippen LogP contribution in [0.5, 0.6) is 11.5 Å². The van der Waals surface area contributed by atoms with Crippen molar-refractivity contribution in [3.05, 3.63) is 48.3 Å². The number of nitrogens with one attached hydrogen (secondary N) is 3. The summed E-state index contributed by atoms with van der Waals surface area (Å²) in [5.41, 5.74) is 1.45. The van der Waals surface area contributed by atoms with E-state index in [0.29, 0.717) is 28.9 Å². The molecule has 1 aliphatic carbocycles. The zero-order chi connectivity index (χ0) is 23.4. The minimum absolute atomic E-state index is 0.0213. The van der Waals surface area contributed by atoms with E-state index >= 15 is 0 Å². The van der Waals surface area contributed by atoms with E-state index in [2.05, 4.69) is 25.2 Å². The lowest BCUT2D eigenvalue weighted by molar-refractivity contribution is -0.116. The van der Waals surface area contributed by atoms with Crippen LogP contribution in [0.25, 0.3) is 11.4 Å². The van der Waals surface area contributed by atoms with Gasteiger partial charge in [0.2, 0.25) is 15.9 Å². The number of ether oxygens (including phenoxy) is 2. The van der Waals surface area contributed by atoms with Crippen molar-refractivity contribution in [2.45, 2.75) is 30.1 Å². The van der Waals surface area contributed by atoms with Crippen molar-refractivity contribution in [1.82, 2.24) is 19.9 Å². The number of aromatic nitrogens is 3. The minimum atomic E-state index is -3.80. The standard InChI is InChI=1S/C22H25N5O5S/c1-31-18-10-9-17(13-19(18)32-2)33(29,30)23-12-11-20(28)24-16-7-5-15(6-8-16)22-25-21(26-27-22)14-3-4-14/h5-10,13-14,23H,3-4,11-12H2,1-2H3,(H,24,28)(H,25,26,27). The molecule has 2 aromatic carbocycles. The predicted octanol–water partition coefficient (Wildman–Crippen LogP) is 2.67. The normalized spacial score (nSPS) is 13.5. The lowest BCUT2D eigenvalue weighted by Crippen LogP contribution is -2.27. The fourth-order valence-corrected chi connectivity index (χ4v) is 4.28. The van der Waals surface area contributed by atoms with Gasteiger partial charge in [0.05, 0.1) is 19.1 Å². The van der Waals surface area contributed by atoms with Gasteiger partial charge in [-0.2, -0.15) is 5.10 Å². The second-order valence-corrected chi connectivity index (χ2v) is 9.38. The van der Waals surface area contributed by atoms with Gasteiger partial charge >= 0.3 is 0 Å². The molecule has 1 amide bonds. The van der Waals surface area contributed by atoms with Crippen LogP contribution in [0.3, 0.4) is 0 Å². The van der Waals surface area contributed by atoms with Gasteiger partial charge in [0.15, 0.2) is 17.3 Å². The van der Waals surface area contributed by atoms with Crippen LogP contribution in [0.1, 0.15) is 31.0 Å². The number of H-pyrrole nitrogens is 1. The second kappa shape index (κ2) is 9.59. The van der Waals surface area contributed by atoms with Crippen LogP contribution < -0.4 is 19.5 Å². The molecular weight excluding hydrogens is 446 g/mol. The van der Waals surface area contributed by atoms with Gasteiger partial charge in [0.25, 0.3) is 0 Å². The Hall–Kier alpha value is -3.44. The maximum Gasteiger partial charge on any atom is 0.240 e. The molecule has 1 aromatic heterocycles. The molecule has 1 heterocycles. The summed E-state index contributed by atoms with van der Waals surface area (Å²) in [6.45, 7) is -0.0538. The molecular formula is C22H25N5O5S. The smallest absolute Gasteiger partial charge is 0.240 e. The van der Waals surface area contributed by atoms with E-state index in [1.165, 1.54) is 32.4 Å². The van der Waals surface area contributed by atoms with E-state index in [-0.39, 0.29) is 23.8 Å². The fraction of sp³-hybridized carbons (Fsp3) is 0.318. The second-order valence-electron chi connectivity index (χ2n) is 7.61. The molecule has 0 bridgehead atoms. The molecule has 0 radical (unpaired) electrons. The number of hydrogen-bond donors (Lipinski definition) is 3. The molecule has 33 heavy (non-hydrogen) atoms. The number of benzene rings is 2. The summed E-state index contributed by atoms with van der Waals surface area (Å²) in [6, 6.07) is 11.5. The summed E-state index contributed by atoms with van der Waals surface area (Å²) in [7, 11) is -0.911. The number of carbonyl (C=O) groups excluding carboxylic acids is 1. The molecule has 1 aliphatic rings. The lowest BCUT2D eigenvalue weighted by Gasteiger charge is -2.11. The van der Waals surface area contributed by atoms with Crippen molar-refractivity contribution in [3.8, 4) is 22.9 Å². The maximum absolute atomic E-state index is 12.5. The lowest BCUT2D eigenvalue weighted by atomic mass is 10.2. The van der Waals surface area contributed by atoms with Gasteiger partial charge in [-0.1, -0.05) is 0 Å². The molecule has 0 aliphatic heterocycles. The molecule has 0 spiro atoms. The topological polar surface area (TPSA) is 135 Å². The Morgan fingerprint density at radius 1 is 1.09 bits per heavy atom. The molecule has 0 unspecified atom stereocenters. The van der Waals surface area contributed by atoms with Crippen LogP contribution >= 0.6 is 0 Å². The van der Waals surface area contributed by atoms with E-state index in [4.69, 9.17) is 9.47 Å². The SMILES string of the molecule is COc1ccc(S(=O)(=O)NCCC(=O)Nc2ccc(-c3n[nH]c(C4CC4)n3)cc2)cc1OC. The molecule has 174 valence electrons. The predicted molar refractivity (Wildman–Crippen MR) is 122 cm³/mol. The molecule has 4 rings (SSSR count). The van der Waals surface area contributed by atoms with Crippen LogP contribution in [0.2, 0.25) is 0 Å². The first-order valence-corrected chi connectivity index (χ1v) is 11.9. The molecule has 0 saturated heterocycles. The van der Waals surface area contributed by atoms with Gasteiger partial charge in [-0.3, -0.25) is 9.89 Å². The van der Waals surface area contributed by atoms with Crippen molar-refractivity contribution < 1.29 is 22.7 Å². The zero-order valence-corrected chi connectivity index (χ0v) is 19.1. The van der Waals surface area contributed by atoms with Crippen molar-refractivity contribution in [1.29, 1.82) is 0 Å². The highest BCUT2D eigenvalue weighted by Gasteiger charge is 2.27. The largest absolute Gasteiger partial charge is 0.493 e. The van der Waals surface area contributed by atoms with Gasteiger partial charge in [0.1, 0.15) is 5.82 Å². The summed E-state index contributed by atoms with van der Waals surface area (Å²) in [5, 5.41) is 9.97. The average molecular weight is 472 g/mol. The Bertz CT molecular complexity index is 1240. The highest BCUT2D eigenvalue weighted by molar-refractivity contribution is 7.89. The first-order valence-electron chi connectivity index (χ1n) is 10.4. The molecule has 1 fully saturated rings. The Morgan fingerprint density at radius 2 is 1.82 bits per heavy atom. The van der Waals surface area contributed by atoms with Crippen LogP contribution in [-0.2, 0) is 14.8 Å². The van der Waals surface area contributed by atoms with E-state index in [9.17, 15) is 13.2 Å². The Labute approximate surface area is 191 Å². The molecule has 3 aromatic rings. The average Bonchev–Trinajstić information content (AvgIpc) is 3.55. The van der Waals surface area contributed by atoms with Crippen molar-refractivity contribution in [3.63, 3.8) is 0 Å². The number of amides is 1. The molecule has 10 nitrogen and oxygen atoms in total. The Kier molecular flexibility index (Phi) is 6.61. The van der Waals surface area contributed by atoms with Crippen LogP contribution in [0.4, 0.5) is 5.69 Å². The van der Waals surface area contributed by atoms with E-state index < -0.39 is 10.0 Å². The zero-order valence-electron chi connectivity index (χ0n) is 18.3. The van der Waals surface area contributed by atoms with Crippen LogP contribution in [0.15, 0.2) is 47.4 Å². The fourth-order valence-electron chi connectivity index (χ4n) is 3.23. The van der Waals surface area contributed by atoms with Gasteiger partial charge in [0, 0.05) is 36.2 Å². The molecule has 11 heteroatoms. The number of rotatable bonds is 10. The Balaban J connectivity index is 1.29. The molecule has 3 N–H and O–H groups in total. The summed E-state index contributed by atoms with van der Waals surface area (Å²) in [6.07, 6.45) is 2.26. The third-order valence-corrected chi connectivity index (χ3v) is 6.66. The third kappa shape index (κ3) is 5.49. The summed E-state index contributed by atoms with van der Waals surface area (Å²) >= 11 is 0. The third-order valence-electron chi connectivity index (χ3n) is 5.20. The summed E-state index contributed by atoms with van der Waals surface area (Å²) in [4.78, 5) is 16.8. The van der Waals surface area contributed by atoms with Crippen LogP contribution in [0, 0.1) is 0 Å². The minimum Gasteiger partial charge on any atom is -0.493 e. The van der Waals surface area contributed by atoms with Gasteiger partial charge in [-0.15, -0.1) is 0 Å². The first kappa shape index (κ1) is 22.7. The summed E-state index contributed by atoms with van der Waals surface area (Å²) in [5.74, 6) is 2.45. The molecule has 1 saturated carbocycles. The van der Waals surface area contributed by atoms with Crippen molar-refractivity contribution >= 4 is 21.6 Å². The highest BCUT2D eigenvalue weighted by atomic mass is 32.2. The monoisotopic (exact) mass is 471 g/mol. The number of sulfonamides is 1. The van der Waals surface area contributed by atoms with Gasteiger partial charge in [-0.25, -0.2) is 18.1 Å². The Morgan fingerprint density at radius 3 is 2.48 bits per heavy atom. The molecule has 0 atom stereocenters. The number of hydrogen-bond acceptors (Lipinski definition) is 7. The quantitative estimate of drug-likeness (QED) is 0.414. The van der Waals surface area contributed by atoms with Crippen LogP contribution in [-0.4, -0.2) is 50.3 Å². The van der Waals surface area contributed by atoms with Crippen molar-refractivity contribution in [2.75, 3.05) is 26.1 Å². The first-order chi connectivity index (χ1) is 15.9. The highest BCUT2D eigenvalue weighted by Crippen LogP contribution is 2.38. The van der Waals surface area contributed by atoms with E-state index in [0.717, 1.165) is 24.2 Å². The number of nitrogens with zero attached hydrogens (tertiary/aromatic N) is 2. The number of anilines is 1. The van der Waals surface area contributed by atoms with Crippen molar-refractivity contribution in [2.24, 2.45) is 0 Å². The van der Waals surface area contributed by atoms with Gasteiger partial charge in [-0.05, 0) is 49.2 Å². The summed E-state index contributed by atoms with van der Waals surface area (Å²) < 4.78 is 37.7. The van der Waals surface area contributed by atoms with Gasteiger partial charge < -0.3 is 14.8 Å². The number of methoxy groups -OCH3 is 2. The van der Waals surface area contributed by atoms with E-state index in [1.807, 2.05) is 12.1 Å².